The van der Waals surface area contributed by atoms with Crippen LogP contribution in [0.1, 0.15) is 30.1 Å². The Labute approximate surface area is 143 Å². The zero-order valence-electron chi connectivity index (χ0n) is 12.2. The number of nitrogens with zero attached hydrogens (tertiary/aromatic N) is 3. The first-order chi connectivity index (χ1) is 11.1. The summed E-state index contributed by atoms with van der Waals surface area (Å²) in [6, 6.07) is 5.10. The maximum absolute atomic E-state index is 12.7. The molecule has 7 heteroatoms. The molecule has 0 saturated carbocycles. The zero-order chi connectivity index (χ0) is 16.0. The van der Waals surface area contributed by atoms with Gasteiger partial charge in [-0.15, -0.1) is 0 Å². The predicted molar refractivity (Wildman–Crippen MR) is 88.8 cm³/mol. The molecule has 0 unspecified atom stereocenters. The van der Waals surface area contributed by atoms with Crippen LogP contribution in [0.25, 0.3) is 0 Å². The van der Waals surface area contributed by atoms with E-state index in [1.807, 2.05) is 11.1 Å². The van der Waals surface area contributed by atoms with Crippen molar-refractivity contribution in [3.8, 4) is 0 Å². The largest absolute Gasteiger partial charge is 0.322 e. The van der Waals surface area contributed by atoms with Crippen molar-refractivity contribution >= 4 is 34.9 Å². The lowest BCUT2D eigenvalue weighted by Crippen LogP contribution is -2.44. The van der Waals surface area contributed by atoms with Crippen LogP contribution in [0, 0.1) is 0 Å². The molecule has 1 aromatic carbocycles. The van der Waals surface area contributed by atoms with Crippen molar-refractivity contribution in [2.45, 2.75) is 31.3 Å². The van der Waals surface area contributed by atoms with Crippen molar-refractivity contribution in [2.75, 3.05) is 5.32 Å². The van der Waals surface area contributed by atoms with Crippen LogP contribution >= 0.6 is 23.2 Å². The van der Waals surface area contributed by atoms with Gasteiger partial charge in [-0.1, -0.05) is 23.2 Å². The molecule has 1 saturated heterocycles. The van der Waals surface area contributed by atoms with Gasteiger partial charge in [0.25, 0.3) is 0 Å². The number of hydrogen-bond acceptors (Lipinski definition) is 3. The highest BCUT2D eigenvalue weighted by atomic mass is 35.5. The average Bonchev–Trinajstić information content (AvgIpc) is 2.82. The first kappa shape index (κ1) is 14.7. The van der Waals surface area contributed by atoms with Crippen LogP contribution in [0.15, 0.2) is 30.7 Å². The van der Waals surface area contributed by atoms with Gasteiger partial charge in [-0.05, 0) is 31.0 Å². The van der Waals surface area contributed by atoms with Crippen molar-refractivity contribution in [3.63, 3.8) is 0 Å². The maximum Gasteiger partial charge on any atom is 0.322 e. The zero-order valence-corrected chi connectivity index (χ0v) is 13.7. The fraction of sp³-hybridized carbons (Fsp3) is 0.312. The summed E-state index contributed by atoms with van der Waals surface area (Å²) < 4.78 is 0. The number of nitrogens with one attached hydrogen (secondary N) is 1. The SMILES string of the molecule is O=C(Nc1cc(Cl)cc(Cl)c1)N1[C@H]2CC[C@@H]1c1cncnc1C2. The Morgan fingerprint density at radius 1 is 1.22 bits per heavy atom. The third kappa shape index (κ3) is 2.64. The summed E-state index contributed by atoms with van der Waals surface area (Å²) in [6.45, 7) is 0. The Morgan fingerprint density at radius 2 is 2.00 bits per heavy atom. The number of hydrogen-bond donors (Lipinski definition) is 1. The first-order valence-electron chi connectivity index (χ1n) is 7.46. The molecule has 1 N–H and O–H groups in total. The molecule has 0 aliphatic carbocycles. The molecular weight excluding hydrogens is 335 g/mol. The second kappa shape index (κ2) is 5.65. The van der Waals surface area contributed by atoms with Gasteiger partial charge in [0, 0.05) is 40.0 Å². The van der Waals surface area contributed by atoms with E-state index in [0.717, 1.165) is 30.5 Å². The lowest BCUT2D eigenvalue weighted by Gasteiger charge is -2.35. The third-order valence-corrected chi connectivity index (χ3v) is 4.90. The Bertz CT molecular complexity index is 762. The van der Waals surface area contributed by atoms with Gasteiger partial charge < -0.3 is 10.2 Å². The van der Waals surface area contributed by atoms with E-state index in [0.29, 0.717) is 15.7 Å². The van der Waals surface area contributed by atoms with E-state index >= 15 is 0 Å². The molecule has 1 fully saturated rings. The second-order valence-corrected chi connectivity index (χ2v) is 6.74. The normalized spacial score (nSPS) is 21.9. The lowest BCUT2D eigenvalue weighted by molar-refractivity contribution is 0.178. The van der Waals surface area contributed by atoms with E-state index in [-0.39, 0.29) is 18.1 Å². The monoisotopic (exact) mass is 348 g/mol. The Kier molecular flexibility index (Phi) is 3.62. The molecular formula is C16H14Cl2N4O. The number of amides is 2. The fourth-order valence-corrected chi connectivity index (χ4v) is 4.07. The van der Waals surface area contributed by atoms with Crippen LogP contribution in [-0.2, 0) is 6.42 Å². The van der Waals surface area contributed by atoms with Gasteiger partial charge >= 0.3 is 6.03 Å². The Hall–Kier alpha value is -1.85. The number of halogens is 2. The number of aromatic nitrogens is 2. The fourth-order valence-electron chi connectivity index (χ4n) is 3.55. The van der Waals surface area contributed by atoms with E-state index in [2.05, 4.69) is 15.3 Å². The molecule has 2 atom stereocenters. The number of carbonyl (C=O) groups excluding carboxylic acids is 1. The van der Waals surface area contributed by atoms with Crippen LogP contribution < -0.4 is 5.32 Å². The van der Waals surface area contributed by atoms with Gasteiger partial charge in [0.1, 0.15) is 6.33 Å². The minimum Gasteiger partial charge on any atom is -0.314 e. The number of urea groups is 1. The number of anilines is 1. The van der Waals surface area contributed by atoms with E-state index in [1.165, 1.54) is 0 Å². The van der Waals surface area contributed by atoms with Crippen LogP contribution in [0.4, 0.5) is 10.5 Å². The predicted octanol–water partition coefficient (Wildman–Crippen LogP) is 4.08. The van der Waals surface area contributed by atoms with Crippen molar-refractivity contribution in [1.82, 2.24) is 14.9 Å². The minimum atomic E-state index is -0.134. The summed E-state index contributed by atoms with van der Waals surface area (Å²) in [6.07, 6.45) is 6.09. The molecule has 2 bridgehead atoms. The molecule has 5 nitrogen and oxygen atoms in total. The van der Waals surface area contributed by atoms with Gasteiger partial charge in [0.15, 0.2) is 0 Å². The van der Waals surface area contributed by atoms with E-state index < -0.39 is 0 Å². The topological polar surface area (TPSA) is 58.1 Å². The molecule has 1 aromatic heterocycles. The Morgan fingerprint density at radius 3 is 2.78 bits per heavy atom. The smallest absolute Gasteiger partial charge is 0.314 e. The van der Waals surface area contributed by atoms with Crippen molar-refractivity contribution in [3.05, 3.63) is 52.0 Å². The number of benzene rings is 1. The van der Waals surface area contributed by atoms with Gasteiger partial charge in [-0.2, -0.15) is 0 Å². The van der Waals surface area contributed by atoms with E-state index in [4.69, 9.17) is 23.2 Å². The summed E-state index contributed by atoms with van der Waals surface area (Å²) in [4.78, 5) is 23.1. The van der Waals surface area contributed by atoms with E-state index in [9.17, 15) is 4.79 Å². The van der Waals surface area contributed by atoms with Crippen LogP contribution in [-0.4, -0.2) is 26.9 Å². The molecule has 118 valence electrons. The Balaban J connectivity index is 1.60. The van der Waals surface area contributed by atoms with E-state index in [1.54, 1.807) is 24.5 Å². The number of fused-ring (bicyclic) bond motifs is 4. The second-order valence-electron chi connectivity index (χ2n) is 5.87. The van der Waals surface area contributed by atoms with Gasteiger partial charge in [-0.3, -0.25) is 0 Å². The highest BCUT2D eigenvalue weighted by Gasteiger charge is 2.43. The number of rotatable bonds is 1. The van der Waals surface area contributed by atoms with Crippen LogP contribution in [0.3, 0.4) is 0 Å². The summed E-state index contributed by atoms with van der Waals surface area (Å²) >= 11 is 12.0. The third-order valence-electron chi connectivity index (χ3n) is 4.47. The molecule has 0 spiro atoms. The van der Waals surface area contributed by atoms with Crippen molar-refractivity contribution in [1.29, 1.82) is 0 Å². The molecule has 3 heterocycles. The summed E-state index contributed by atoms with van der Waals surface area (Å²) in [5.41, 5.74) is 2.71. The molecule has 2 aliphatic rings. The molecule has 2 aliphatic heterocycles. The summed E-state index contributed by atoms with van der Waals surface area (Å²) in [5.74, 6) is 0. The standard InChI is InChI=1S/C16H14Cl2N4O/c17-9-3-10(18)5-11(4-9)21-16(23)22-12-1-2-15(22)13-7-19-8-20-14(13)6-12/h3-5,7-8,12,15H,1-2,6H2,(H,21,23)/t12-,15+/m0/s1. The van der Waals surface area contributed by atoms with Gasteiger partial charge in [-0.25, -0.2) is 14.8 Å². The highest BCUT2D eigenvalue weighted by Crippen LogP contribution is 2.43. The van der Waals surface area contributed by atoms with Gasteiger partial charge in [0.2, 0.25) is 0 Å². The molecule has 2 amide bonds. The average molecular weight is 349 g/mol. The number of carbonyl (C=O) groups is 1. The highest BCUT2D eigenvalue weighted by molar-refractivity contribution is 6.35. The molecule has 2 aromatic rings. The summed E-state index contributed by atoms with van der Waals surface area (Å²) in [5, 5.41) is 3.89. The minimum absolute atomic E-state index is 0.0413. The first-order valence-corrected chi connectivity index (χ1v) is 8.21. The van der Waals surface area contributed by atoms with Gasteiger partial charge in [0.05, 0.1) is 11.7 Å². The molecule has 23 heavy (non-hydrogen) atoms. The molecule has 0 radical (unpaired) electrons. The quantitative estimate of drug-likeness (QED) is 0.844. The van der Waals surface area contributed by atoms with Crippen molar-refractivity contribution in [2.24, 2.45) is 0 Å². The van der Waals surface area contributed by atoms with Crippen molar-refractivity contribution < 1.29 is 4.79 Å². The van der Waals surface area contributed by atoms with Crippen LogP contribution in [0.2, 0.25) is 10.0 Å². The lowest BCUT2D eigenvalue weighted by atomic mass is 10.00. The molecule has 4 rings (SSSR count). The summed E-state index contributed by atoms with van der Waals surface area (Å²) in [7, 11) is 0. The maximum atomic E-state index is 12.7. The van der Waals surface area contributed by atoms with Crippen LogP contribution in [0.5, 0.6) is 0 Å².